The number of benzene rings is 2. The summed E-state index contributed by atoms with van der Waals surface area (Å²) in [5.41, 5.74) is 9.26. The van der Waals surface area contributed by atoms with E-state index in [-0.39, 0.29) is 0 Å². The lowest BCUT2D eigenvalue weighted by Crippen LogP contribution is -2.06. The van der Waals surface area contributed by atoms with Crippen LogP contribution in [0.5, 0.6) is 0 Å². The zero-order valence-corrected chi connectivity index (χ0v) is 11.5. The van der Waals surface area contributed by atoms with Crippen molar-refractivity contribution in [2.24, 2.45) is 0 Å². The zero-order valence-electron chi connectivity index (χ0n) is 11.5. The molecule has 3 aromatic rings. The Kier molecular flexibility index (Phi) is 3.23. The molecule has 0 atom stereocenters. The lowest BCUT2D eigenvalue weighted by molar-refractivity contribution is 0.0602. The van der Waals surface area contributed by atoms with E-state index < -0.39 is 5.97 Å². The Hall–Kier alpha value is -2.95. The van der Waals surface area contributed by atoms with E-state index in [0.29, 0.717) is 16.9 Å². The summed E-state index contributed by atoms with van der Waals surface area (Å²) < 4.78 is 4.79. The Labute approximate surface area is 121 Å². The van der Waals surface area contributed by atoms with Crippen LogP contribution >= 0.6 is 0 Å². The number of aromatic amines is 1. The van der Waals surface area contributed by atoms with Crippen LogP contribution in [0.1, 0.15) is 10.4 Å². The summed E-state index contributed by atoms with van der Waals surface area (Å²) in [6, 6.07) is 13.0. The van der Waals surface area contributed by atoms with E-state index in [1.165, 1.54) is 7.11 Å². The van der Waals surface area contributed by atoms with Crippen molar-refractivity contribution in [2.75, 3.05) is 18.2 Å². The first-order chi connectivity index (χ1) is 10.2. The molecule has 0 saturated carbocycles. The lowest BCUT2D eigenvalue weighted by Gasteiger charge is -2.11. The molecule has 0 spiro atoms. The second-order valence-corrected chi connectivity index (χ2v) is 4.70. The van der Waals surface area contributed by atoms with Gasteiger partial charge in [-0.2, -0.15) is 0 Å². The van der Waals surface area contributed by atoms with Crippen LogP contribution < -0.4 is 11.1 Å². The van der Waals surface area contributed by atoms with Gasteiger partial charge in [0, 0.05) is 28.5 Å². The fourth-order valence-electron chi connectivity index (χ4n) is 2.24. The molecule has 0 saturated heterocycles. The number of nitrogens with two attached hydrogens (primary N) is 1. The van der Waals surface area contributed by atoms with Crippen LogP contribution in [0, 0.1) is 0 Å². The molecule has 21 heavy (non-hydrogen) atoms. The van der Waals surface area contributed by atoms with Crippen molar-refractivity contribution >= 4 is 33.9 Å². The number of H-pyrrole nitrogens is 1. The maximum Gasteiger partial charge on any atom is 0.340 e. The van der Waals surface area contributed by atoms with Crippen molar-refractivity contribution in [3.8, 4) is 0 Å². The molecule has 0 amide bonds. The van der Waals surface area contributed by atoms with E-state index in [9.17, 15) is 4.79 Å². The maximum absolute atomic E-state index is 11.8. The van der Waals surface area contributed by atoms with Crippen LogP contribution in [0.3, 0.4) is 0 Å². The first-order valence-electron chi connectivity index (χ1n) is 6.49. The van der Waals surface area contributed by atoms with Crippen LogP contribution in [0.15, 0.2) is 48.7 Å². The Balaban J connectivity index is 1.98. The predicted molar refractivity (Wildman–Crippen MR) is 83.8 cm³/mol. The van der Waals surface area contributed by atoms with Gasteiger partial charge in [-0.05, 0) is 42.5 Å². The van der Waals surface area contributed by atoms with Gasteiger partial charge in [-0.3, -0.25) is 0 Å². The highest BCUT2D eigenvalue weighted by Gasteiger charge is 2.12. The van der Waals surface area contributed by atoms with Crippen molar-refractivity contribution in [1.29, 1.82) is 0 Å². The van der Waals surface area contributed by atoms with E-state index in [1.807, 2.05) is 30.5 Å². The van der Waals surface area contributed by atoms with Gasteiger partial charge in [0.25, 0.3) is 0 Å². The normalized spacial score (nSPS) is 10.5. The summed E-state index contributed by atoms with van der Waals surface area (Å²) in [6.45, 7) is 0. The highest BCUT2D eigenvalue weighted by molar-refractivity contribution is 5.98. The minimum Gasteiger partial charge on any atom is -0.465 e. The second-order valence-electron chi connectivity index (χ2n) is 4.70. The van der Waals surface area contributed by atoms with Gasteiger partial charge in [0.05, 0.1) is 18.4 Å². The van der Waals surface area contributed by atoms with Crippen molar-refractivity contribution in [1.82, 2.24) is 4.98 Å². The van der Waals surface area contributed by atoms with Crippen LogP contribution in [0.25, 0.3) is 10.9 Å². The minimum absolute atomic E-state index is 0.409. The Morgan fingerprint density at radius 1 is 1.19 bits per heavy atom. The highest BCUT2D eigenvalue weighted by atomic mass is 16.5. The average Bonchev–Trinajstić information content (AvgIpc) is 2.96. The summed E-state index contributed by atoms with van der Waals surface area (Å²) in [5.74, 6) is -0.424. The number of methoxy groups -OCH3 is 1. The summed E-state index contributed by atoms with van der Waals surface area (Å²) >= 11 is 0. The number of carbonyl (C=O) groups is 1. The molecule has 0 unspecified atom stereocenters. The Morgan fingerprint density at radius 3 is 2.86 bits per heavy atom. The number of hydrogen-bond donors (Lipinski definition) is 3. The van der Waals surface area contributed by atoms with Crippen molar-refractivity contribution in [3.63, 3.8) is 0 Å². The largest absolute Gasteiger partial charge is 0.465 e. The zero-order chi connectivity index (χ0) is 14.8. The molecule has 5 nitrogen and oxygen atoms in total. The number of aromatic nitrogens is 1. The highest BCUT2D eigenvalue weighted by Crippen LogP contribution is 2.26. The number of anilines is 3. The summed E-state index contributed by atoms with van der Waals surface area (Å²) in [4.78, 5) is 15.0. The average molecular weight is 281 g/mol. The van der Waals surface area contributed by atoms with E-state index in [4.69, 9.17) is 10.5 Å². The van der Waals surface area contributed by atoms with Gasteiger partial charge in [0.1, 0.15) is 0 Å². The van der Waals surface area contributed by atoms with Gasteiger partial charge in [-0.25, -0.2) is 4.79 Å². The minimum atomic E-state index is -0.424. The fourth-order valence-corrected chi connectivity index (χ4v) is 2.24. The van der Waals surface area contributed by atoms with Gasteiger partial charge in [0.2, 0.25) is 0 Å². The Morgan fingerprint density at radius 2 is 2.05 bits per heavy atom. The topological polar surface area (TPSA) is 80.1 Å². The van der Waals surface area contributed by atoms with Crippen molar-refractivity contribution in [2.45, 2.75) is 0 Å². The standard InChI is InChI=1S/C16H15N3O2/c1-21-16(20)13-9-11(17)2-4-15(13)19-12-3-5-14-10(8-12)6-7-18-14/h2-9,18-19H,17H2,1H3. The molecule has 0 fully saturated rings. The molecule has 0 aliphatic heterocycles. The number of hydrogen-bond acceptors (Lipinski definition) is 4. The van der Waals surface area contributed by atoms with Crippen LogP contribution in [-0.4, -0.2) is 18.1 Å². The predicted octanol–water partition coefficient (Wildman–Crippen LogP) is 3.28. The van der Waals surface area contributed by atoms with Gasteiger partial charge in [-0.15, -0.1) is 0 Å². The second kappa shape index (κ2) is 5.20. The smallest absolute Gasteiger partial charge is 0.340 e. The summed E-state index contributed by atoms with van der Waals surface area (Å²) in [7, 11) is 1.35. The number of ether oxygens (including phenoxy) is 1. The molecule has 3 rings (SSSR count). The number of fused-ring (bicyclic) bond motifs is 1. The molecular weight excluding hydrogens is 266 g/mol. The number of esters is 1. The first-order valence-corrected chi connectivity index (χ1v) is 6.49. The third-order valence-corrected chi connectivity index (χ3v) is 3.28. The Bertz CT molecular complexity index is 808. The van der Waals surface area contributed by atoms with E-state index >= 15 is 0 Å². The quantitative estimate of drug-likeness (QED) is 0.508. The van der Waals surface area contributed by atoms with Gasteiger partial charge in [-0.1, -0.05) is 0 Å². The van der Waals surface area contributed by atoms with Gasteiger partial charge < -0.3 is 20.8 Å². The number of carbonyl (C=O) groups excluding carboxylic acids is 1. The third kappa shape index (κ3) is 2.53. The number of rotatable bonds is 3. The van der Waals surface area contributed by atoms with Crippen LogP contribution in [0.2, 0.25) is 0 Å². The fraction of sp³-hybridized carbons (Fsp3) is 0.0625. The van der Waals surface area contributed by atoms with Gasteiger partial charge >= 0.3 is 5.97 Å². The van der Waals surface area contributed by atoms with Crippen molar-refractivity contribution in [3.05, 3.63) is 54.2 Å². The SMILES string of the molecule is COC(=O)c1cc(N)ccc1Nc1ccc2[nH]ccc2c1. The number of nitrogens with one attached hydrogen (secondary N) is 2. The van der Waals surface area contributed by atoms with Crippen LogP contribution in [-0.2, 0) is 4.74 Å². The lowest BCUT2D eigenvalue weighted by atomic mass is 10.1. The van der Waals surface area contributed by atoms with Crippen LogP contribution in [0.4, 0.5) is 17.1 Å². The molecule has 2 aromatic carbocycles. The molecule has 1 heterocycles. The molecule has 106 valence electrons. The molecule has 0 radical (unpaired) electrons. The first kappa shape index (κ1) is 13.1. The van der Waals surface area contributed by atoms with E-state index in [1.54, 1.807) is 18.2 Å². The molecule has 0 bridgehead atoms. The van der Waals surface area contributed by atoms with Gasteiger partial charge in [0.15, 0.2) is 0 Å². The molecule has 5 heteroatoms. The number of nitrogen functional groups attached to an aromatic ring is 1. The summed E-state index contributed by atoms with van der Waals surface area (Å²) in [5, 5.41) is 4.32. The van der Waals surface area contributed by atoms with E-state index in [0.717, 1.165) is 16.6 Å². The molecule has 1 aromatic heterocycles. The molecule has 0 aliphatic rings. The van der Waals surface area contributed by atoms with E-state index in [2.05, 4.69) is 10.3 Å². The maximum atomic E-state index is 11.8. The molecular formula is C16H15N3O2. The molecule has 0 aliphatic carbocycles. The third-order valence-electron chi connectivity index (χ3n) is 3.28. The molecule has 4 N–H and O–H groups in total. The van der Waals surface area contributed by atoms with Crippen molar-refractivity contribution < 1.29 is 9.53 Å². The monoisotopic (exact) mass is 281 g/mol. The summed E-state index contributed by atoms with van der Waals surface area (Å²) in [6.07, 6.45) is 1.89.